The number of anilines is 1. The van der Waals surface area contributed by atoms with Crippen LogP contribution in [0.3, 0.4) is 0 Å². The molecule has 2 heterocycles. The summed E-state index contributed by atoms with van der Waals surface area (Å²) in [5.41, 5.74) is 1.02. The Morgan fingerprint density at radius 3 is 3.12 bits per heavy atom. The van der Waals surface area contributed by atoms with Crippen molar-refractivity contribution in [1.29, 1.82) is 0 Å². The minimum absolute atomic E-state index is 0.683. The third-order valence-corrected chi connectivity index (χ3v) is 2.15. The Morgan fingerprint density at radius 2 is 2.38 bits per heavy atom. The fraction of sp³-hybridized carbons (Fsp3) is 0.273. The van der Waals surface area contributed by atoms with E-state index in [2.05, 4.69) is 15.3 Å². The number of aromatic nitrogens is 3. The molecule has 0 aliphatic carbocycles. The highest BCUT2D eigenvalue weighted by Crippen LogP contribution is 2.10. The van der Waals surface area contributed by atoms with E-state index in [-0.39, 0.29) is 0 Å². The van der Waals surface area contributed by atoms with Gasteiger partial charge in [0, 0.05) is 44.0 Å². The molecular formula is C11H14N4O. The van der Waals surface area contributed by atoms with Crippen LogP contribution in [-0.2, 0) is 4.74 Å². The summed E-state index contributed by atoms with van der Waals surface area (Å²) < 4.78 is 6.84. The zero-order valence-electron chi connectivity index (χ0n) is 9.13. The Labute approximate surface area is 94.1 Å². The number of nitrogens with zero attached hydrogens (tertiary/aromatic N) is 3. The molecule has 0 bridgehead atoms. The molecule has 0 saturated heterocycles. The molecule has 5 nitrogen and oxygen atoms in total. The summed E-state index contributed by atoms with van der Waals surface area (Å²) in [6, 6.07) is 3.90. The van der Waals surface area contributed by atoms with Gasteiger partial charge in [0.05, 0.1) is 6.61 Å². The molecule has 16 heavy (non-hydrogen) atoms. The lowest BCUT2D eigenvalue weighted by molar-refractivity contribution is 0.211. The Balaban J connectivity index is 2.08. The molecular weight excluding hydrogens is 204 g/mol. The third-order valence-electron chi connectivity index (χ3n) is 2.15. The van der Waals surface area contributed by atoms with Crippen molar-refractivity contribution < 1.29 is 4.74 Å². The first-order chi connectivity index (χ1) is 7.90. The molecule has 2 aromatic rings. The first kappa shape index (κ1) is 10.6. The fourth-order valence-electron chi connectivity index (χ4n) is 1.36. The first-order valence-electron chi connectivity index (χ1n) is 5.07. The molecule has 5 heteroatoms. The van der Waals surface area contributed by atoms with Crippen molar-refractivity contribution in [1.82, 2.24) is 14.5 Å². The van der Waals surface area contributed by atoms with Crippen LogP contribution in [0.4, 0.5) is 5.69 Å². The highest BCUT2D eigenvalue weighted by atomic mass is 16.5. The first-order valence-corrected chi connectivity index (χ1v) is 5.07. The van der Waals surface area contributed by atoms with E-state index in [1.807, 2.05) is 22.9 Å². The van der Waals surface area contributed by atoms with Gasteiger partial charge in [-0.3, -0.25) is 4.57 Å². The highest BCUT2D eigenvalue weighted by molar-refractivity contribution is 5.47. The van der Waals surface area contributed by atoms with Crippen LogP contribution in [-0.4, -0.2) is 34.8 Å². The molecule has 0 amide bonds. The molecule has 0 radical (unpaired) electrons. The van der Waals surface area contributed by atoms with Gasteiger partial charge in [0.25, 0.3) is 0 Å². The summed E-state index contributed by atoms with van der Waals surface area (Å²) in [4.78, 5) is 8.25. The van der Waals surface area contributed by atoms with Gasteiger partial charge in [0.2, 0.25) is 0 Å². The lowest BCUT2D eigenvalue weighted by Crippen LogP contribution is -2.08. The second kappa shape index (κ2) is 5.27. The number of hydrogen-bond acceptors (Lipinski definition) is 4. The summed E-state index contributed by atoms with van der Waals surface area (Å²) in [6.07, 6.45) is 7.08. The molecule has 2 aromatic heterocycles. The molecule has 0 unspecified atom stereocenters. The van der Waals surface area contributed by atoms with Crippen molar-refractivity contribution >= 4 is 5.69 Å². The number of imidazole rings is 1. The lowest BCUT2D eigenvalue weighted by Gasteiger charge is -2.07. The van der Waals surface area contributed by atoms with Crippen molar-refractivity contribution in [2.45, 2.75) is 0 Å². The largest absolute Gasteiger partial charge is 0.383 e. The maximum Gasteiger partial charge on any atom is 0.139 e. The van der Waals surface area contributed by atoms with Crippen LogP contribution in [0.15, 0.2) is 37.1 Å². The number of pyridine rings is 1. The van der Waals surface area contributed by atoms with Gasteiger partial charge in [-0.05, 0) is 6.07 Å². The standard InChI is InChI=1S/C11H14N4O/c1-16-7-5-13-10-2-3-14-11(8-10)15-6-4-12-9-15/h2-4,6,8-9H,5,7H2,1H3,(H,13,14). The molecule has 0 fully saturated rings. The minimum atomic E-state index is 0.683. The number of hydrogen-bond donors (Lipinski definition) is 1. The molecule has 0 aliphatic rings. The van der Waals surface area contributed by atoms with E-state index in [4.69, 9.17) is 4.74 Å². The smallest absolute Gasteiger partial charge is 0.139 e. The zero-order chi connectivity index (χ0) is 11.2. The molecule has 1 N–H and O–H groups in total. The molecule has 0 aliphatic heterocycles. The van der Waals surface area contributed by atoms with Crippen LogP contribution in [0.1, 0.15) is 0 Å². The molecule has 0 saturated carbocycles. The maximum atomic E-state index is 4.97. The Kier molecular flexibility index (Phi) is 3.50. The van der Waals surface area contributed by atoms with Gasteiger partial charge in [-0.1, -0.05) is 0 Å². The van der Waals surface area contributed by atoms with Gasteiger partial charge >= 0.3 is 0 Å². The van der Waals surface area contributed by atoms with Gasteiger partial charge in [0.15, 0.2) is 0 Å². The Hall–Kier alpha value is -1.88. The minimum Gasteiger partial charge on any atom is -0.383 e. The van der Waals surface area contributed by atoms with E-state index in [9.17, 15) is 0 Å². The number of ether oxygens (including phenoxy) is 1. The van der Waals surface area contributed by atoms with Gasteiger partial charge in [0.1, 0.15) is 12.1 Å². The average molecular weight is 218 g/mol. The van der Waals surface area contributed by atoms with Crippen molar-refractivity contribution in [3.05, 3.63) is 37.1 Å². The lowest BCUT2D eigenvalue weighted by atomic mass is 10.4. The van der Waals surface area contributed by atoms with E-state index in [0.29, 0.717) is 6.61 Å². The second-order valence-corrected chi connectivity index (χ2v) is 3.29. The average Bonchev–Trinajstić information content (AvgIpc) is 2.83. The number of rotatable bonds is 5. The normalized spacial score (nSPS) is 10.3. The Morgan fingerprint density at radius 1 is 1.44 bits per heavy atom. The maximum absolute atomic E-state index is 4.97. The van der Waals surface area contributed by atoms with Crippen LogP contribution in [0.2, 0.25) is 0 Å². The third kappa shape index (κ3) is 2.58. The molecule has 0 spiro atoms. The quantitative estimate of drug-likeness (QED) is 0.769. The van der Waals surface area contributed by atoms with Crippen molar-refractivity contribution in [2.24, 2.45) is 0 Å². The fourth-order valence-corrected chi connectivity index (χ4v) is 1.36. The zero-order valence-corrected chi connectivity index (χ0v) is 9.13. The van der Waals surface area contributed by atoms with Gasteiger partial charge in [-0.2, -0.15) is 0 Å². The summed E-state index contributed by atoms with van der Waals surface area (Å²) in [5.74, 6) is 0.847. The van der Waals surface area contributed by atoms with E-state index in [1.165, 1.54) is 0 Å². The van der Waals surface area contributed by atoms with Crippen molar-refractivity contribution in [2.75, 3.05) is 25.6 Å². The number of methoxy groups -OCH3 is 1. The van der Waals surface area contributed by atoms with Gasteiger partial charge in [-0.15, -0.1) is 0 Å². The van der Waals surface area contributed by atoms with Crippen LogP contribution >= 0.6 is 0 Å². The van der Waals surface area contributed by atoms with Crippen LogP contribution in [0, 0.1) is 0 Å². The molecule has 0 atom stereocenters. The van der Waals surface area contributed by atoms with Crippen LogP contribution < -0.4 is 5.32 Å². The molecule has 2 rings (SSSR count). The summed E-state index contributed by atoms with van der Waals surface area (Å²) >= 11 is 0. The second-order valence-electron chi connectivity index (χ2n) is 3.29. The van der Waals surface area contributed by atoms with E-state index >= 15 is 0 Å². The molecule has 84 valence electrons. The van der Waals surface area contributed by atoms with Crippen LogP contribution in [0.25, 0.3) is 5.82 Å². The highest BCUT2D eigenvalue weighted by Gasteiger charge is 1.98. The number of nitrogens with one attached hydrogen (secondary N) is 1. The molecule has 0 aromatic carbocycles. The topological polar surface area (TPSA) is 52.0 Å². The SMILES string of the molecule is COCCNc1ccnc(-n2ccnc2)c1. The van der Waals surface area contributed by atoms with E-state index < -0.39 is 0 Å². The van der Waals surface area contributed by atoms with Crippen LogP contribution in [0.5, 0.6) is 0 Å². The summed E-state index contributed by atoms with van der Waals surface area (Å²) in [7, 11) is 1.69. The monoisotopic (exact) mass is 218 g/mol. The summed E-state index contributed by atoms with van der Waals surface area (Å²) in [6.45, 7) is 1.46. The van der Waals surface area contributed by atoms with E-state index in [1.54, 1.807) is 25.8 Å². The predicted molar refractivity (Wildman–Crippen MR) is 61.7 cm³/mol. The van der Waals surface area contributed by atoms with E-state index in [0.717, 1.165) is 18.1 Å². The van der Waals surface area contributed by atoms with Crippen molar-refractivity contribution in [3.63, 3.8) is 0 Å². The van der Waals surface area contributed by atoms with Crippen molar-refractivity contribution in [3.8, 4) is 5.82 Å². The Bertz CT molecular complexity index is 427. The summed E-state index contributed by atoms with van der Waals surface area (Å²) in [5, 5.41) is 3.25. The van der Waals surface area contributed by atoms with Gasteiger partial charge < -0.3 is 10.1 Å². The predicted octanol–water partition coefficient (Wildman–Crippen LogP) is 1.33. The van der Waals surface area contributed by atoms with Gasteiger partial charge in [-0.25, -0.2) is 9.97 Å².